The number of fused-ring (bicyclic) bond motifs is 1. The summed E-state index contributed by atoms with van der Waals surface area (Å²) in [5.41, 5.74) is -0.452. The number of thiophene rings is 1. The summed E-state index contributed by atoms with van der Waals surface area (Å²) in [6.45, 7) is 2.12. The summed E-state index contributed by atoms with van der Waals surface area (Å²) in [6.07, 6.45) is 0. The van der Waals surface area contributed by atoms with E-state index >= 15 is 0 Å². The molecule has 124 valence electrons. The molecule has 24 heavy (non-hydrogen) atoms. The van der Waals surface area contributed by atoms with Gasteiger partial charge in [0, 0.05) is 4.88 Å². The maximum atomic E-state index is 12.9. The monoisotopic (exact) mass is 408 g/mol. The van der Waals surface area contributed by atoms with Crippen LogP contribution in [0.2, 0.25) is 0 Å². The van der Waals surface area contributed by atoms with Crippen molar-refractivity contribution in [2.24, 2.45) is 0 Å². The first-order chi connectivity index (χ1) is 11.5. The van der Waals surface area contributed by atoms with Crippen molar-refractivity contribution in [1.82, 2.24) is 10.2 Å². The fourth-order valence-electron chi connectivity index (χ4n) is 2.84. The minimum Gasteiger partial charge on any atom is -0.454 e. The highest BCUT2D eigenvalue weighted by Crippen LogP contribution is 2.38. The molecule has 1 unspecified atom stereocenters. The molecule has 3 heterocycles. The molecule has 2 aliphatic heterocycles. The Morgan fingerprint density at radius 2 is 2.04 bits per heavy atom. The summed E-state index contributed by atoms with van der Waals surface area (Å²) in [5, 5.41) is 2.80. The molecule has 2 aliphatic rings. The number of urea groups is 1. The molecule has 1 atom stereocenters. The minimum absolute atomic E-state index is 0.162. The molecule has 0 bridgehead atoms. The van der Waals surface area contributed by atoms with Crippen molar-refractivity contribution in [3.63, 3.8) is 0 Å². The van der Waals surface area contributed by atoms with Crippen LogP contribution in [0.3, 0.4) is 0 Å². The fourth-order valence-corrected chi connectivity index (χ4v) is 4.31. The average Bonchev–Trinajstić information content (AvgIpc) is 3.23. The molecular formula is C16H13BrN2O4S. The van der Waals surface area contributed by atoms with E-state index in [0.29, 0.717) is 17.1 Å². The third-order valence-corrected chi connectivity index (χ3v) is 5.78. The van der Waals surface area contributed by atoms with Gasteiger partial charge in [0.15, 0.2) is 11.5 Å². The van der Waals surface area contributed by atoms with Gasteiger partial charge in [-0.2, -0.15) is 0 Å². The Morgan fingerprint density at radius 3 is 2.79 bits per heavy atom. The molecule has 1 fully saturated rings. The van der Waals surface area contributed by atoms with E-state index in [1.165, 1.54) is 16.2 Å². The van der Waals surface area contributed by atoms with Crippen molar-refractivity contribution in [3.05, 3.63) is 44.6 Å². The van der Waals surface area contributed by atoms with Crippen LogP contribution in [-0.4, -0.2) is 23.6 Å². The lowest BCUT2D eigenvalue weighted by atomic mass is 9.91. The lowest BCUT2D eigenvalue weighted by Crippen LogP contribution is -2.40. The van der Waals surface area contributed by atoms with E-state index in [9.17, 15) is 9.59 Å². The zero-order chi connectivity index (χ0) is 16.9. The van der Waals surface area contributed by atoms with Gasteiger partial charge >= 0.3 is 6.03 Å². The first-order valence-electron chi connectivity index (χ1n) is 7.26. The summed E-state index contributed by atoms with van der Waals surface area (Å²) in [5.74, 6) is 0.937. The molecule has 4 rings (SSSR count). The second kappa shape index (κ2) is 5.49. The van der Waals surface area contributed by atoms with Crippen LogP contribution < -0.4 is 14.8 Å². The van der Waals surface area contributed by atoms with Crippen molar-refractivity contribution in [2.45, 2.75) is 19.0 Å². The van der Waals surface area contributed by atoms with E-state index < -0.39 is 11.6 Å². The summed E-state index contributed by atoms with van der Waals surface area (Å²) in [7, 11) is 0. The van der Waals surface area contributed by atoms with Gasteiger partial charge in [0.2, 0.25) is 6.79 Å². The number of hydrogen-bond acceptors (Lipinski definition) is 5. The molecule has 6 nitrogen and oxygen atoms in total. The Hall–Kier alpha value is -2.06. The second-order valence-electron chi connectivity index (χ2n) is 5.72. The Balaban J connectivity index is 1.64. The number of nitrogens with one attached hydrogen (secondary N) is 1. The smallest absolute Gasteiger partial charge is 0.325 e. The maximum absolute atomic E-state index is 12.9. The van der Waals surface area contributed by atoms with E-state index in [1.807, 2.05) is 12.1 Å². The third-order valence-electron chi connectivity index (χ3n) is 4.17. The van der Waals surface area contributed by atoms with Gasteiger partial charge in [-0.25, -0.2) is 4.79 Å². The lowest BCUT2D eigenvalue weighted by molar-refractivity contribution is -0.131. The Morgan fingerprint density at radius 1 is 1.25 bits per heavy atom. The quantitative estimate of drug-likeness (QED) is 0.791. The Kier molecular flexibility index (Phi) is 3.54. The minimum atomic E-state index is -1.12. The van der Waals surface area contributed by atoms with Crippen molar-refractivity contribution in [1.29, 1.82) is 0 Å². The van der Waals surface area contributed by atoms with Crippen molar-refractivity contribution < 1.29 is 19.1 Å². The number of halogens is 1. The van der Waals surface area contributed by atoms with Crippen LogP contribution in [0.4, 0.5) is 4.79 Å². The second-order valence-corrected chi connectivity index (χ2v) is 8.27. The molecule has 0 spiro atoms. The van der Waals surface area contributed by atoms with E-state index in [0.717, 1.165) is 8.66 Å². The highest BCUT2D eigenvalue weighted by molar-refractivity contribution is 9.11. The highest BCUT2D eigenvalue weighted by atomic mass is 79.9. The molecule has 3 amide bonds. The first-order valence-corrected chi connectivity index (χ1v) is 8.87. The van der Waals surface area contributed by atoms with E-state index in [-0.39, 0.29) is 19.2 Å². The van der Waals surface area contributed by atoms with Gasteiger partial charge in [0.05, 0.1) is 10.3 Å². The molecule has 0 radical (unpaired) electrons. The topological polar surface area (TPSA) is 67.9 Å². The zero-order valence-electron chi connectivity index (χ0n) is 12.7. The average molecular weight is 409 g/mol. The van der Waals surface area contributed by atoms with Crippen LogP contribution in [0.5, 0.6) is 11.5 Å². The lowest BCUT2D eigenvalue weighted by Gasteiger charge is -2.22. The van der Waals surface area contributed by atoms with Crippen molar-refractivity contribution in [3.8, 4) is 11.5 Å². The molecule has 1 saturated heterocycles. The summed E-state index contributed by atoms with van der Waals surface area (Å²) < 4.78 is 11.6. The van der Waals surface area contributed by atoms with Crippen molar-refractivity contribution >= 4 is 39.2 Å². The van der Waals surface area contributed by atoms with Crippen LogP contribution >= 0.6 is 27.3 Å². The number of amides is 3. The van der Waals surface area contributed by atoms with Gasteiger partial charge in [-0.3, -0.25) is 9.69 Å². The van der Waals surface area contributed by atoms with E-state index in [2.05, 4.69) is 21.2 Å². The number of carbonyl (C=O) groups excluding carboxylic acids is 2. The molecule has 8 heteroatoms. The molecule has 1 aromatic heterocycles. The SMILES string of the molecule is CC1(c2ccc3c(c2)OCO3)NC(=O)N(Cc2ccc(Br)s2)C1=O. The summed E-state index contributed by atoms with van der Waals surface area (Å²) in [4.78, 5) is 27.4. The third kappa shape index (κ3) is 2.37. The summed E-state index contributed by atoms with van der Waals surface area (Å²) >= 11 is 4.89. The normalized spacial score (nSPS) is 22.2. The van der Waals surface area contributed by atoms with Gasteiger partial charge in [-0.1, -0.05) is 6.07 Å². The Labute approximate surface area is 150 Å². The standard InChI is InChI=1S/C16H13BrN2O4S/c1-16(9-2-4-11-12(6-9)23-8-22-11)14(20)19(15(21)18-16)7-10-3-5-13(17)24-10/h2-6H,7-8H2,1H3,(H,18,21). The number of rotatable bonds is 3. The largest absolute Gasteiger partial charge is 0.454 e. The van der Waals surface area contributed by atoms with Gasteiger partial charge in [0.25, 0.3) is 5.91 Å². The number of benzene rings is 1. The summed E-state index contributed by atoms with van der Waals surface area (Å²) in [6, 6.07) is 8.66. The van der Waals surface area contributed by atoms with E-state index in [4.69, 9.17) is 9.47 Å². The Bertz CT molecular complexity index is 852. The van der Waals surface area contributed by atoms with Crippen LogP contribution in [0.1, 0.15) is 17.4 Å². The molecule has 2 aromatic rings. The zero-order valence-corrected chi connectivity index (χ0v) is 15.1. The van der Waals surface area contributed by atoms with Gasteiger partial charge < -0.3 is 14.8 Å². The maximum Gasteiger partial charge on any atom is 0.325 e. The molecule has 1 N–H and O–H groups in total. The van der Waals surface area contributed by atoms with Crippen LogP contribution in [0.25, 0.3) is 0 Å². The highest BCUT2D eigenvalue weighted by Gasteiger charge is 2.49. The van der Waals surface area contributed by atoms with Crippen molar-refractivity contribution in [2.75, 3.05) is 6.79 Å². The molecular weight excluding hydrogens is 396 g/mol. The predicted octanol–water partition coefficient (Wildman–Crippen LogP) is 3.21. The molecule has 0 aliphatic carbocycles. The van der Waals surface area contributed by atoms with Gasteiger partial charge in [0.1, 0.15) is 5.54 Å². The number of imide groups is 1. The van der Waals surface area contributed by atoms with Crippen LogP contribution in [0, 0.1) is 0 Å². The fraction of sp³-hybridized carbons (Fsp3) is 0.250. The van der Waals surface area contributed by atoms with Crippen LogP contribution in [0.15, 0.2) is 34.1 Å². The number of carbonyl (C=O) groups is 2. The van der Waals surface area contributed by atoms with Gasteiger partial charge in [-0.15, -0.1) is 11.3 Å². The number of nitrogens with zero attached hydrogens (tertiary/aromatic N) is 1. The van der Waals surface area contributed by atoms with Gasteiger partial charge in [-0.05, 0) is 52.7 Å². The molecule has 0 saturated carbocycles. The van der Waals surface area contributed by atoms with E-state index in [1.54, 1.807) is 25.1 Å². The van der Waals surface area contributed by atoms with Crippen LogP contribution in [-0.2, 0) is 16.9 Å². The predicted molar refractivity (Wildman–Crippen MR) is 91.0 cm³/mol. The number of hydrogen-bond donors (Lipinski definition) is 1. The number of ether oxygens (including phenoxy) is 2. The first kappa shape index (κ1) is 15.5. The molecule has 1 aromatic carbocycles.